The molecule has 8 nitrogen and oxygen atoms in total. The summed E-state index contributed by atoms with van der Waals surface area (Å²) in [6, 6.07) is 1.35. The minimum atomic E-state index is -2.95. The fourth-order valence-corrected chi connectivity index (χ4v) is 3.35. The van der Waals surface area contributed by atoms with Crippen LogP contribution in [0.3, 0.4) is 0 Å². The number of hydrogen-bond donors (Lipinski definition) is 3. The Hall–Kier alpha value is -2.56. The van der Waals surface area contributed by atoms with Gasteiger partial charge in [0.05, 0.1) is 12.4 Å². The molecular weight excluding hydrogens is 353 g/mol. The molecule has 0 aliphatic carbocycles. The SMILES string of the molecule is FC(F)Oc1cc(Nc2cncc(O[C@H]3C[C@H]4CC[C@H](N4)[C@@H]3F)n2)n[nH]1. The van der Waals surface area contributed by atoms with Gasteiger partial charge >= 0.3 is 6.61 Å². The van der Waals surface area contributed by atoms with E-state index in [-0.39, 0.29) is 35.5 Å². The average Bonchev–Trinajstić information content (AvgIpc) is 3.20. The Kier molecular flexibility index (Phi) is 4.53. The number of nitrogens with one attached hydrogen (secondary N) is 3. The van der Waals surface area contributed by atoms with E-state index in [4.69, 9.17) is 4.74 Å². The lowest BCUT2D eigenvalue weighted by Gasteiger charge is -2.32. The van der Waals surface area contributed by atoms with Crippen molar-refractivity contribution < 1.29 is 22.6 Å². The van der Waals surface area contributed by atoms with Crippen LogP contribution in [0.1, 0.15) is 19.3 Å². The van der Waals surface area contributed by atoms with Gasteiger partial charge in [-0.3, -0.25) is 4.98 Å². The van der Waals surface area contributed by atoms with Crippen LogP contribution >= 0.6 is 0 Å². The van der Waals surface area contributed by atoms with Crippen LogP contribution in [0.15, 0.2) is 18.5 Å². The molecule has 11 heteroatoms. The molecule has 4 rings (SSSR count). The van der Waals surface area contributed by atoms with Crippen LogP contribution in [-0.2, 0) is 0 Å². The first kappa shape index (κ1) is 16.9. The Bertz CT molecular complexity index is 760. The number of piperidine rings is 1. The number of halogens is 3. The molecule has 2 saturated heterocycles. The Morgan fingerprint density at radius 3 is 2.96 bits per heavy atom. The number of hydrogen-bond acceptors (Lipinski definition) is 7. The van der Waals surface area contributed by atoms with Gasteiger partial charge in [0.1, 0.15) is 6.10 Å². The van der Waals surface area contributed by atoms with E-state index in [1.807, 2.05) is 0 Å². The van der Waals surface area contributed by atoms with Crippen molar-refractivity contribution in [2.45, 2.75) is 50.2 Å². The number of H-pyrrole nitrogens is 1. The van der Waals surface area contributed by atoms with Gasteiger partial charge in [-0.1, -0.05) is 0 Å². The van der Waals surface area contributed by atoms with Crippen molar-refractivity contribution in [1.29, 1.82) is 0 Å². The van der Waals surface area contributed by atoms with E-state index in [9.17, 15) is 13.2 Å². The van der Waals surface area contributed by atoms with E-state index in [1.54, 1.807) is 0 Å². The predicted molar refractivity (Wildman–Crippen MR) is 84.4 cm³/mol. The number of aromatic nitrogens is 4. The third kappa shape index (κ3) is 3.66. The molecule has 4 atom stereocenters. The molecule has 2 aliphatic rings. The second-order valence-corrected chi connectivity index (χ2v) is 6.25. The first-order chi connectivity index (χ1) is 12.6. The smallest absolute Gasteiger partial charge is 0.388 e. The van der Waals surface area contributed by atoms with E-state index in [0.29, 0.717) is 6.42 Å². The minimum Gasteiger partial charge on any atom is -0.470 e. The van der Waals surface area contributed by atoms with Gasteiger partial charge in [0.25, 0.3) is 0 Å². The van der Waals surface area contributed by atoms with Gasteiger partial charge in [-0.2, -0.15) is 18.9 Å². The maximum absolute atomic E-state index is 14.4. The maximum Gasteiger partial charge on any atom is 0.388 e. The molecule has 2 aliphatic heterocycles. The van der Waals surface area contributed by atoms with Crippen molar-refractivity contribution in [2.24, 2.45) is 0 Å². The molecule has 3 N–H and O–H groups in total. The van der Waals surface area contributed by atoms with Crippen LogP contribution < -0.4 is 20.1 Å². The van der Waals surface area contributed by atoms with Gasteiger partial charge < -0.3 is 20.1 Å². The second kappa shape index (κ2) is 6.98. The fourth-order valence-electron chi connectivity index (χ4n) is 3.35. The summed E-state index contributed by atoms with van der Waals surface area (Å²) < 4.78 is 48.7. The Labute approximate surface area is 146 Å². The third-order valence-electron chi connectivity index (χ3n) is 4.44. The number of nitrogens with zero attached hydrogens (tertiary/aromatic N) is 3. The highest BCUT2D eigenvalue weighted by Crippen LogP contribution is 2.31. The van der Waals surface area contributed by atoms with Gasteiger partial charge in [0, 0.05) is 24.6 Å². The molecule has 2 bridgehead atoms. The summed E-state index contributed by atoms with van der Waals surface area (Å²) in [7, 11) is 0. The molecule has 0 spiro atoms. The van der Waals surface area contributed by atoms with Crippen LogP contribution in [0.4, 0.5) is 24.8 Å². The van der Waals surface area contributed by atoms with Gasteiger partial charge in [0.2, 0.25) is 11.8 Å². The third-order valence-corrected chi connectivity index (χ3v) is 4.44. The average molecular weight is 370 g/mol. The van der Waals surface area contributed by atoms with E-state index in [1.165, 1.54) is 18.5 Å². The molecule has 0 amide bonds. The second-order valence-electron chi connectivity index (χ2n) is 6.25. The maximum atomic E-state index is 14.4. The van der Waals surface area contributed by atoms with E-state index in [2.05, 4.69) is 35.5 Å². The first-order valence-corrected chi connectivity index (χ1v) is 8.23. The molecular formula is C15H17F3N6O2. The number of alkyl halides is 3. The van der Waals surface area contributed by atoms with Crippen molar-refractivity contribution in [3.05, 3.63) is 18.5 Å². The molecule has 140 valence electrons. The highest BCUT2D eigenvalue weighted by molar-refractivity contribution is 5.52. The van der Waals surface area contributed by atoms with Crippen molar-refractivity contribution in [3.8, 4) is 11.8 Å². The molecule has 0 radical (unpaired) electrons. The molecule has 26 heavy (non-hydrogen) atoms. The zero-order valence-corrected chi connectivity index (χ0v) is 13.5. The standard InChI is InChI=1S/C15H17F3N6O2/c16-14-8-2-1-7(20-8)3-9(14)25-13-6-19-5-11(22-13)21-10-4-12(24-23-10)26-15(17)18/h4-9,14-15,20H,1-3H2,(H2,21,22,23,24)/t7-,8+,9+,14+/m1/s1. The van der Waals surface area contributed by atoms with E-state index < -0.39 is 18.9 Å². The summed E-state index contributed by atoms with van der Waals surface area (Å²) in [5, 5.41) is 12.1. The quantitative estimate of drug-likeness (QED) is 0.717. The number of aromatic amines is 1. The molecule has 2 aromatic rings. The highest BCUT2D eigenvalue weighted by atomic mass is 19.3. The Balaban J connectivity index is 1.41. The highest BCUT2D eigenvalue weighted by Gasteiger charge is 2.43. The largest absolute Gasteiger partial charge is 0.470 e. The molecule has 0 aromatic carbocycles. The van der Waals surface area contributed by atoms with Gasteiger partial charge in [-0.25, -0.2) is 9.49 Å². The molecule has 4 heterocycles. The summed E-state index contributed by atoms with van der Waals surface area (Å²) in [4.78, 5) is 8.21. The van der Waals surface area contributed by atoms with Crippen molar-refractivity contribution in [2.75, 3.05) is 5.32 Å². The lowest BCUT2D eigenvalue weighted by Crippen LogP contribution is -2.51. The molecule has 2 aromatic heterocycles. The Morgan fingerprint density at radius 1 is 1.23 bits per heavy atom. The fraction of sp³-hybridized carbons (Fsp3) is 0.533. The van der Waals surface area contributed by atoms with Crippen molar-refractivity contribution >= 4 is 11.6 Å². The van der Waals surface area contributed by atoms with Gasteiger partial charge in [-0.05, 0) is 12.8 Å². The molecule has 0 unspecified atom stereocenters. The summed E-state index contributed by atoms with van der Waals surface area (Å²) >= 11 is 0. The zero-order valence-electron chi connectivity index (χ0n) is 13.5. The lowest BCUT2D eigenvalue weighted by atomic mass is 10.0. The van der Waals surface area contributed by atoms with Gasteiger partial charge in [-0.15, -0.1) is 0 Å². The normalized spacial score (nSPS) is 27.5. The topological polar surface area (TPSA) is 97.0 Å². The monoisotopic (exact) mass is 370 g/mol. The lowest BCUT2D eigenvalue weighted by molar-refractivity contribution is -0.0528. The number of anilines is 2. The van der Waals surface area contributed by atoms with Crippen LogP contribution in [0.5, 0.6) is 11.8 Å². The summed E-state index contributed by atoms with van der Waals surface area (Å²) in [5.41, 5.74) is 0. The summed E-state index contributed by atoms with van der Waals surface area (Å²) in [6.07, 6.45) is 3.46. The molecule has 2 fully saturated rings. The zero-order chi connectivity index (χ0) is 18.1. The van der Waals surface area contributed by atoms with Crippen molar-refractivity contribution in [3.63, 3.8) is 0 Å². The van der Waals surface area contributed by atoms with Crippen molar-refractivity contribution in [1.82, 2.24) is 25.5 Å². The van der Waals surface area contributed by atoms with Crippen LogP contribution in [-0.4, -0.2) is 51.1 Å². The van der Waals surface area contributed by atoms with E-state index >= 15 is 0 Å². The number of fused-ring (bicyclic) bond motifs is 2. The van der Waals surface area contributed by atoms with Crippen LogP contribution in [0, 0.1) is 0 Å². The number of ether oxygens (including phenoxy) is 2. The predicted octanol–water partition coefficient (Wildman–Crippen LogP) is 2.15. The van der Waals surface area contributed by atoms with Gasteiger partial charge in [0.15, 0.2) is 17.8 Å². The summed E-state index contributed by atoms with van der Waals surface area (Å²) in [5.74, 6) is 0.497. The van der Waals surface area contributed by atoms with Crippen LogP contribution in [0.25, 0.3) is 0 Å². The first-order valence-electron chi connectivity index (χ1n) is 8.23. The minimum absolute atomic E-state index is 0.176. The molecule has 0 saturated carbocycles. The summed E-state index contributed by atoms with van der Waals surface area (Å²) in [6.45, 7) is -2.95. The van der Waals surface area contributed by atoms with Crippen LogP contribution in [0.2, 0.25) is 0 Å². The Morgan fingerprint density at radius 2 is 2.12 bits per heavy atom. The van der Waals surface area contributed by atoms with E-state index in [0.717, 1.165) is 12.8 Å². The number of rotatable bonds is 6.